The van der Waals surface area contributed by atoms with Crippen molar-refractivity contribution in [2.24, 2.45) is 0 Å². The highest BCUT2D eigenvalue weighted by Crippen LogP contribution is 2.26. The standard InChI is InChI=1S/C22H25N3O5S/c26-21-9-14-31(28,29)25(21)19-8-4-7-18(15-19)22(27)23-16-20(17-5-2-1-3-6-17)24-10-12-30-13-11-24/h1-8,15,20H,9-14,16H2,(H,23,27). The zero-order chi connectivity index (χ0) is 21.8. The molecule has 2 aliphatic rings. The minimum Gasteiger partial charge on any atom is -0.379 e. The fourth-order valence-electron chi connectivity index (χ4n) is 3.96. The van der Waals surface area contributed by atoms with Gasteiger partial charge in [0.1, 0.15) is 0 Å². The third-order valence-electron chi connectivity index (χ3n) is 5.55. The van der Waals surface area contributed by atoms with E-state index in [1.807, 2.05) is 30.3 Å². The summed E-state index contributed by atoms with van der Waals surface area (Å²) in [6.45, 7) is 3.25. The van der Waals surface area contributed by atoms with Gasteiger partial charge in [0.15, 0.2) is 0 Å². The molecule has 2 amide bonds. The van der Waals surface area contributed by atoms with Crippen LogP contribution in [0.2, 0.25) is 0 Å². The first-order chi connectivity index (χ1) is 15.0. The van der Waals surface area contributed by atoms with Crippen LogP contribution in [0, 0.1) is 0 Å². The summed E-state index contributed by atoms with van der Waals surface area (Å²) in [5, 5.41) is 2.97. The Labute approximate surface area is 181 Å². The second-order valence-corrected chi connectivity index (χ2v) is 9.50. The van der Waals surface area contributed by atoms with Crippen molar-refractivity contribution in [1.82, 2.24) is 10.2 Å². The number of benzene rings is 2. The summed E-state index contributed by atoms with van der Waals surface area (Å²) < 4.78 is 30.6. The molecule has 0 radical (unpaired) electrons. The van der Waals surface area contributed by atoms with Gasteiger partial charge >= 0.3 is 0 Å². The molecule has 0 spiro atoms. The van der Waals surface area contributed by atoms with E-state index in [4.69, 9.17) is 4.74 Å². The molecule has 4 rings (SSSR count). The minimum atomic E-state index is -3.67. The van der Waals surface area contributed by atoms with Crippen LogP contribution >= 0.6 is 0 Å². The molecule has 0 saturated carbocycles. The van der Waals surface area contributed by atoms with E-state index in [1.54, 1.807) is 12.1 Å². The summed E-state index contributed by atoms with van der Waals surface area (Å²) in [5.74, 6) is -1.00. The highest BCUT2D eigenvalue weighted by atomic mass is 32.2. The molecule has 2 heterocycles. The molecular formula is C22H25N3O5S. The molecule has 0 aromatic heterocycles. The quantitative estimate of drug-likeness (QED) is 0.728. The Morgan fingerprint density at radius 2 is 1.81 bits per heavy atom. The van der Waals surface area contributed by atoms with Gasteiger partial charge < -0.3 is 10.1 Å². The largest absolute Gasteiger partial charge is 0.379 e. The number of nitrogens with one attached hydrogen (secondary N) is 1. The Bertz CT molecular complexity index is 1050. The van der Waals surface area contributed by atoms with Gasteiger partial charge in [-0.3, -0.25) is 14.5 Å². The van der Waals surface area contributed by atoms with Gasteiger partial charge in [-0.05, 0) is 23.8 Å². The average Bonchev–Trinajstić information content (AvgIpc) is 3.07. The minimum absolute atomic E-state index is 0.00206. The molecule has 9 heteroatoms. The fourth-order valence-corrected chi connectivity index (χ4v) is 5.41. The zero-order valence-corrected chi connectivity index (χ0v) is 17.9. The van der Waals surface area contributed by atoms with Crippen molar-refractivity contribution in [3.05, 3.63) is 65.7 Å². The van der Waals surface area contributed by atoms with Crippen LogP contribution < -0.4 is 9.62 Å². The van der Waals surface area contributed by atoms with Crippen molar-refractivity contribution in [1.29, 1.82) is 0 Å². The first-order valence-electron chi connectivity index (χ1n) is 10.3. The highest BCUT2D eigenvalue weighted by molar-refractivity contribution is 7.94. The lowest BCUT2D eigenvalue weighted by molar-refractivity contribution is -0.116. The highest BCUT2D eigenvalue weighted by Gasteiger charge is 2.36. The summed E-state index contributed by atoms with van der Waals surface area (Å²) in [7, 11) is -3.67. The Kier molecular flexibility index (Phi) is 6.35. The number of morpholine rings is 1. The summed E-state index contributed by atoms with van der Waals surface area (Å²) in [6.07, 6.45) is -0.0446. The molecule has 1 atom stereocenters. The van der Waals surface area contributed by atoms with E-state index < -0.39 is 15.9 Å². The molecule has 2 fully saturated rings. The van der Waals surface area contributed by atoms with Crippen LogP contribution in [0.3, 0.4) is 0 Å². The molecule has 1 N–H and O–H groups in total. The molecule has 2 aliphatic heterocycles. The Balaban J connectivity index is 1.50. The number of amides is 2. The predicted molar refractivity (Wildman–Crippen MR) is 116 cm³/mol. The SMILES string of the molecule is O=C(NCC(c1ccccc1)N1CCOCC1)c1cccc(N2C(=O)CCS2(=O)=O)c1. The third-order valence-corrected chi connectivity index (χ3v) is 7.24. The maximum Gasteiger partial charge on any atom is 0.251 e. The van der Waals surface area contributed by atoms with E-state index in [0.29, 0.717) is 25.3 Å². The van der Waals surface area contributed by atoms with E-state index in [-0.39, 0.29) is 29.8 Å². The number of sulfonamides is 1. The summed E-state index contributed by atoms with van der Waals surface area (Å²) >= 11 is 0. The summed E-state index contributed by atoms with van der Waals surface area (Å²) in [6, 6.07) is 16.1. The Hall–Kier alpha value is -2.75. The van der Waals surface area contributed by atoms with Gasteiger partial charge in [0, 0.05) is 31.6 Å². The number of hydrogen-bond donors (Lipinski definition) is 1. The van der Waals surface area contributed by atoms with Gasteiger partial charge in [-0.15, -0.1) is 0 Å². The normalized spacial score (nSPS) is 19.9. The Morgan fingerprint density at radius 1 is 1.06 bits per heavy atom. The molecule has 2 aromatic carbocycles. The average molecular weight is 444 g/mol. The van der Waals surface area contributed by atoms with Crippen molar-refractivity contribution in [3.63, 3.8) is 0 Å². The summed E-state index contributed by atoms with van der Waals surface area (Å²) in [5.41, 5.74) is 1.61. The van der Waals surface area contributed by atoms with Gasteiger partial charge in [-0.2, -0.15) is 0 Å². The van der Waals surface area contributed by atoms with Crippen LogP contribution in [0.15, 0.2) is 54.6 Å². The number of carbonyl (C=O) groups excluding carboxylic acids is 2. The van der Waals surface area contributed by atoms with Crippen LogP contribution in [0.5, 0.6) is 0 Å². The number of nitrogens with zero attached hydrogens (tertiary/aromatic N) is 2. The van der Waals surface area contributed by atoms with Crippen molar-refractivity contribution < 1.29 is 22.7 Å². The number of anilines is 1. The van der Waals surface area contributed by atoms with E-state index in [1.165, 1.54) is 12.1 Å². The second-order valence-electron chi connectivity index (χ2n) is 7.56. The Morgan fingerprint density at radius 3 is 2.48 bits per heavy atom. The van der Waals surface area contributed by atoms with Crippen molar-refractivity contribution >= 4 is 27.5 Å². The number of rotatable bonds is 6. The molecule has 1 unspecified atom stereocenters. The lowest BCUT2D eigenvalue weighted by Gasteiger charge is -2.35. The third kappa shape index (κ3) is 4.79. The predicted octanol–water partition coefficient (Wildman–Crippen LogP) is 1.56. The van der Waals surface area contributed by atoms with E-state index in [9.17, 15) is 18.0 Å². The van der Waals surface area contributed by atoms with Crippen molar-refractivity contribution in [3.8, 4) is 0 Å². The smallest absolute Gasteiger partial charge is 0.251 e. The van der Waals surface area contributed by atoms with E-state index >= 15 is 0 Å². The van der Waals surface area contributed by atoms with Gasteiger partial charge in [-0.25, -0.2) is 12.7 Å². The van der Waals surface area contributed by atoms with E-state index in [0.717, 1.165) is 23.0 Å². The molecular weight excluding hydrogens is 418 g/mol. The molecule has 164 valence electrons. The maximum absolute atomic E-state index is 12.9. The number of carbonyl (C=O) groups is 2. The first kappa shape index (κ1) is 21.5. The summed E-state index contributed by atoms with van der Waals surface area (Å²) in [4.78, 5) is 27.2. The number of hydrogen-bond acceptors (Lipinski definition) is 6. The van der Waals surface area contributed by atoms with Crippen LogP contribution in [-0.2, 0) is 19.6 Å². The molecule has 2 aromatic rings. The zero-order valence-electron chi connectivity index (χ0n) is 17.1. The molecule has 0 bridgehead atoms. The monoisotopic (exact) mass is 443 g/mol. The molecule has 31 heavy (non-hydrogen) atoms. The van der Waals surface area contributed by atoms with E-state index in [2.05, 4.69) is 10.2 Å². The molecule has 2 saturated heterocycles. The second kappa shape index (κ2) is 9.17. The number of ether oxygens (including phenoxy) is 1. The fraction of sp³-hybridized carbons (Fsp3) is 0.364. The molecule has 0 aliphatic carbocycles. The molecule has 8 nitrogen and oxygen atoms in total. The van der Waals surface area contributed by atoms with Gasteiger partial charge in [0.2, 0.25) is 15.9 Å². The maximum atomic E-state index is 12.9. The topological polar surface area (TPSA) is 96.0 Å². The lowest BCUT2D eigenvalue weighted by atomic mass is 10.0. The van der Waals surface area contributed by atoms with Crippen LogP contribution in [-0.4, -0.2) is 63.7 Å². The first-order valence-corrected chi connectivity index (χ1v) is 11.9. The lowest BCUT2D eigenvalue weighted by Crippen LogP contribution is -2.43. The van der Waals surface area contributed by atoms with Gasteiger partial charge in [0.25, 0.3) is 5.91 Å². The van der Waals surface area contributed by atoms with Crippen LogP contribution in [0.1, 0.15) is 28.4 Å². The van der Waals surface area contributed by atoms with Crippen LogP contribution in [0.25, 0.3) is 0 Å². The van der Waals surface area contributed by atoms with Gasteiger partial charge in [0.05, 0.1) is 30.7 Å². The van der Waals surface area contributed by atoms with Crippen molar-refractivity contribution in [2.45, 2.75) is 12.5 Å². The van der Waals surface area contributed by atoms with Gasteiger partial charge in [-0.1, -0.05) is 36.4 Å². The van der Waals surface area contributed by atoms with Crippen molar-refractivity contribution in [2.75, 3.05) is 42.9 Å². The van der Waals surface area contributed by atoms with Crippen LogP contribution in [0.4, 0.5) is 5.69 Å².